The molecule has 0 aromatic heterocycles. The van der Waals surface area contributed by atoms with E-state index in [1.807, 2.05) is 13.8 Å². The van der Waals surface area contributed by atoms with Crippen LogP contribution in [0.4, 0.5) is 0 Å². The average molecular weight is 139 g/mol. The lowest BCUT2D eigenvalue weighted by Crippen LogP contribution is -2.27. The van der Waals surface area contributed by atoms with Gasteiger partial charge >= 0.3 is 0 Å². The van der Waals surface area contributed by atoms with Crippen molar-refractivity contribution in [2.45, 2.75) is 26.8 Å². The van der Waals surface area contributed by atoms with E-state index < -0.39 is 0 Å². The first-order chi connectivity index (χ1) is 4.54. The maximum Gasteiger partial charge on any atom is 0.0248 e. The molecule has 0 aliphatic heterocycles. The summed E-state index contributed by atoms with van der Waals surface area (Å²) in [5.74, 6) is 0. The van der Waals surface area contributed by atoms with Gasteiger partial charge in [0, 0.05) is 12.6 Å². The summed E-state index contributed by atoms with van der Waals surface area (Å²) in [4.78, 5) is 0. The Bertz CT molecular complexity index is 136. The predicted molar refractivity (Wildman–Crippen MR) is 47.1 cm³/mol. The van der Waals surface area contributed by atoms with Gasteiger partial charge in [0.1, 0.15) is 0 Å². The first kappa shape index (κ1) is 9.44. The molecule has 0 heterocycles. The molecule has 0 aliphatic rings. The normalized spacial score (nSPS) is 12.7. The van der Waals surface area contributed by atoms with Gasteiger partial charge in [-0.15, -0.1) is 0 Å². The number of hydrogen-bond acceptors (Lipinski definition) is 1. The monoisotopic (exact) mass is 139 g/mol. The standard InChI is InChI=1S/C9H17N/c1-7(2)6-10-9(5)8(3)4/h9-10H,1,3,6H2,2,4-5H3. The van der Waals surface area contributed by atoms with Gasteiger partial charge in [0.2, 0.25) is 0 Å². The molecule has 0 aromatic rings. The molecule has 0 spiro atoms. The highest BCUT2D eigenvalue weighted by atomic mass is 14.9. The molecule has 0 bridgehead atoms. The van der Waals surface area contributed by atoms with Crippen LogP contribution in [-0.2, 0) is 0 Å². The van der Waals surface area contributed by atoms with Crippen LogP contribution in [0.5, 0.6) is 0 Å². The third-order valence-electron chi connectivity index (χ3n) is 1.45. The van der Waals surface area contributed by atoms with E-state index in [0.717, 1.165) is 12.1 Å². The number of nitrogens with one attached hydrogen (secondary N) is 1. The molecule has 1 N–H and O–H groups in total. The van der Waals surface area contributed by atoms with Gasteiger partial charge in [-0.25, -0.2) is 0 Å². The van der Waals surface area contributed by atoms with E-state index in [9.17, 15) is 0 Å². The fourth-order valence-corrected chi connectivity index (χ4v) is 0.502. The predicted octanol–water partition coefficient (Wildman–Crippen LogP) is 2.12. The summed E-state index contributed by atoms with van der Waals surface area (Å²) in [5.41, 5.74) is 2.33. The molecular formula is C9H17N. The van der Waals surface area contributed by atoms with E-state index in [1.54, 1.807) is 0 Å². The van der Waals surface area contributed by atoms with Gasteiger partial charge in [0.25, 0.3) is 0 Å². The van der Waals surface area contributed by atoms with Gasteiger partial charge in [-0.1, -0.05) is 24.3 Å². The molecule has 0 radical (unpaired) electrons. The summed E-state index contributed by atoms with van der Waals surface area (Å²) in [6, 6.07) is 0.400. The summed E-state index contributed by atoms with van der Waals surface area (Å²) in [7, 11) is 0. The molecule has 0 amide bonds. The molecule has 0 rings (SSSR count). The lowest BCUT2D eigenvalue weighted by atomic mass is 10.2. The average Bonchev–Trinajstić information content (AvgIpc) is 1.82. The Labute approximate surface area is 63.8 Å². The molecule has 1 atom stereocenters. The lowest BCUT2D eigenvalue weighted by molar-refractivity contribution is 0.645. The van der Waals surface area contributed by atoms with Crippen LogP contribution in [0, 0.1) is 0 Å². The summed E-state index contributed by atoms with van der Waals surface area (Å²) >= 11 is 0. The number of hydrogen-bond donors (Lipinski definition) is 1. The highest BCUT2D eigenvalue weighted by Gasteiger charge is 1.98. The van der Waals surface area contributed by atoms with Crippen molar-refractivity contribution in [2.75, 3.05) is 6.54 Å². The minimum absolute atomic E-state index is 0.400. The summed E-state index contributed by atoms with van der Waals surface area (Å²) in [6.45, 7) is 14.7. The molecule has 0 aromatic carbocycles. The Morgan fingerprint density at radius 3 is 2.20 bits per heavy atom. The first-order valence-electron chi connectivity index (χ1n) is 3.57. The van der Waals surface area contributed by atoms with E-state index in [0.29, 0.717) is 6.04 Å². The van der Waals surface area contributed by atoms with Gasteiger partial charge in [0.15, 0.2) is 0 Å². The Kier molecular flexibility index (Phi) is 4.05. The van der Waals surface area contributed by atoms with E-state index in [1.165, 1.54) is 5.57 Å². The van der Waals surface area contributed by atoms with Gasteiger partial charge in [-0.05, 0) is 20.8 Å². The second-order valence-electron chi connectivity index (χ2n) is 2.91. The zero-order valence-corrected chi connectivity index (χ0v) is 7.20. The van der Waals surface area contributed by atoms with E-state index >= 15 is 0 Å². The molecular weight excluding hydrogens is 122 g/mol. The molecule has 0 fully saturated rings. The van der Waals surface area contributed by atoms with Crippen LogP contribution in [0.3, 0.4) is 0 Å². The van der Waals surface area contributed by atoms with Crippen LogP contribution in [0.15, 0.2) is 24.3 Å². The van der Waals surface area contributed by atoms with Crippen LogP contribution in [-0.4, -0.2) is 12.6 Å². The van der Waals surface area contributed by atoms with Crippen molar-refractivity contribution in [1.29, 1.82) is 0 Å². The second kappa shape index (κ2) is 4.29. The minimum atomic E-state index is 0.400. The highest BCUT2D eigenvalue weighted by molar-refractivity contribution is 5.01. The lowest BCUT2D eigenvalue weighted by Gasteiger charge is -2.12. The zero-order chi connectivity index (χ0) is 8.15. The van der Waals surface area contributed by atoms with Gasteiger partial charge in [-0.2, -0.15) is 0 Å². The van der Waals surface area contributed by atoms with E-state index in [4.69, 9.17) is 0 Å². The fourth-order valence-electron chi connectivity index (χ4n) is 0.502. The van der Waals surface area contributed by atoms with Crippen LogP contribution in [0.25, 0.3) is 0 Å². The van der Waals surface area contributed by atoms with Crippen molar-refractivity contribution < 1.29 is 0 Å². The van der Waals surface area contributed by atoms with Crippen molar-refractivity contribution >= 4 is 0 Å². The molecule has 10 heavy (non-hydrogen) atoms. The molecule has 1 unspecified atom stereocenters. The smallest absolute Gasteiger partial charge is 0.0248 e. The van der Waals surface area contributed by atoms with Gasteiger partial charge in [-0.3, -0.25) is 0 Å². The SMILES string of the molecule is C=C(C)CNC(C)C(=C)C. The summed E-state index contributed by atoms with van der Waals surface area (Å²) in [6.07, 6.45) is 0. The van der Waals surface area contributed by atoms with Crippen molar-refractivity contribution in [3.05, 3.63) is 24.3 Å². The topological polar surface area (TPSA) is 12.0 Å². The van der Waals surface area contributed by atoms with Crippen molar-refractivity contribution in [3.8, 4) is 0 Å². The Balaban J connectivity index is 3.49. The largest absolute Gasteiger partial charge is 0.307 e. The number of rotatable bonds is 4. The van der Waals surface area contributed by atoms with Gasteiger partial charge in [0.05, 0.1) is 0 Å². The molecule has 1 nitrogen and oxygen atoms in total. The van der Waals surface area contributed by atoms with Crippen molar-refractivity contribution in [1.82, 2.24) is 5.32 Å². The summed E-state index contributed by atoms with van der Waals surface area (Å²) in [5, 5.41) is 3.28. The van der Waals surface area contributed by atoms with E-state index in [-0.39, 0.29) is 0 Å². The molecule has 1 heteroatoms. The quantitative estimate of drug-likeness (QED) is 0.588. The highest BCUT2D eigenvalue weighted by Crippen LogP contribution is 1.96. The second-order valence-corrected chi connectivity index (χ2v) is 2.91. The summed E-state index contributed by atoms with van der Waals surface area (Å²) < 4.78 is 0. The Hall–Kier alpha value is -0.560. The maximum atomic E-state index is 3.84. The fraction of sp³-hybridized carbons (Fsp3) is 0.556. The third kappa shape index (κ3) is 4.33. The van der Waals surface area contributed by atoms with E-state index in [2.05, 4.69) is 25.4 Å². The third-order valence-corrected chi connectivity index (χ3v) is 1.45. The zero-order valence-electron chi connectivity index (χ0n) is 7.20. The Morgan fingerprint density at radius 1 is 1.40 bits per heavy atom. The Morgan fingerprint density at radius 2 is 1.90 bits per heavy atom. The van der Waals surface area contributed by atoms with Crippen LogP contribution in [0.2, 0.25) is 0 Å². The minimum Gasteiger partial charge on any atom is -0.307 e. The molecule has 0 saturated heterocycles. The molecule has 0 aliphatic carbocycles. The maximum absolute atomic E-state index is 3.84. The van der Waals surface area contributed by atoms with Crippen molar-refractivity contribution in [3.63, 3.8) is 0 Å². The van der Waals surface area contributed by atoms with Crippen LogP contribution < -0.4 is 5.32 Å². The van der Waals surface area contributed by atoms with Gasteiger partial charge < -0.3 is 5.32 Å². The van der Waals surface area contributed by atoms with Crippen LogP contribution >= 0.6 is 0 Å². The van der Waals surface area contributed by atoms with Crippen LogP contribution in [0.1, 0.15) is 20.8 Å². The molecule has 58 valence electrons. The van der Waals surface area contributed by atoms with Crippen molar-refractivity contribution in [2.24, 2.45) is 0 Å². The molecule has 0 saturated carbocycles. The first-order valence-corrected chi connectivity index (χ1v) is 3.57.